The second-order valence-corrected chi connectivity index (χ2v) is 9.66. The fourth-order valence-electron chi connectivity index (χ4n) is 4.96. The molecule has 1 aliphatic heterocycles. The zero-order valence-corrected chi connectivity index (χ0v) is 18.4. The molecule has 0 spiro atoms. The molecule has 3 aromatic rings. The van der Waals surface area contributed by atoms with Crippen LogP contribution in [0.3, 0.4) is 0 Å². The Kier molecular flexibility index (Phi) is 6.37. The van der Waals surface area contributed by atoms with Gasteiger partial charge in [-0.05, 0) is 48.4 Å². The van der Waals surface area contributed by atoms with Gasteiger partial charge in [0.1, 0.15) is 5.82 Å². The van der Waals surface area contributed by atoms with Gasteiger partial charge >= 0.3 is 0 Å². The molecule has 0 radical (unpaired) electrons. The lowest BCUT2D eigenvalue weighted by atomic mass is 9.95. The summed E-state index contributed by atoms with van der Waals surface area (Å²) < 4.78 is 8.44. The lowest BCUT2D eigenvalue weighted by Gasteiger charge is -2.26. The van der Waals surface area contributed by atoms with E-state index in [4.69, 9.17) is 9.84 Å². The van der Waals surface area contributed by atoms with Crippen molar-refractivity contribution in [3.8, 4) is 0 Å². The molecule has 0 amide bonds. The summed E-state index contributed by atoms with van der Waals surface area (Å²) in [6.45, 7) is 0.910. The minimum absolute atomic E-state index is 0.363. The largest absolute Gasteiger partial charge is 0.377 e. The Bertz CT molecular complexity index is 968. The highest BCUT2D eigenvalue weighted by molar-refractivity contribution is 7.99. The summed E-state index contributed by atoms with van der Waals surface area (Å²) in [7, 11) is 0. The van der Waals surface area contributed by atoms with E-state index in [-0.39, 0.29) is 0 Å². The van der Waals surface area contributed by atoms with Gasteiger partial charge < -0.3 is 9.30 Å². The number of aromatic nitrogens is 3. The van der Waals surface area contributed by atoms with Gasteiger partial charge in [0.05, 0.1) is 6.10 Å². The average Bonchev–Trinajstić information content (AvgIpc) is 3.21. The van der Waals surface area contributed by atoms with Crippen LogP contribution in [0.25, 0.3) is 10.8 Å². The first-order valence-corrected chi connectivity index (χ1v) is 12.5. The monoisotopic (exact) mass is 421 g/mol. The van der Waals surface area contributed by atoms with Gasteiger partial charge in [-0.3, -0.25) is 0 Å². The first-order chi connectivity index (χ1) is 14.9. The van der Waals surface area contributed by atoms with Crippen LogP contribution in [0, 0.1) is 0 Å². The highest BCUT2D eigenvalue weighted by Gasteiger charge is 2.24. The van der Waals surface area contributed by atoms with E-state index in [0.717, 1.165) is 29.8 Å². The summed E-state index contributed by atoms with van der Waals surface area (Å²) in [5.74, 6) is 2.10. The topological polar surface area (TPSA) is 39.9 Å². The lowest BCUT2D eigenvalue weighted by molar-refractivity contribution is 0.0315. The lowest BCUT2D eigenvalue weighted by Crippen LogP contribution is -2.22. The fraction of sp³-hybridized carbons (Fsp3) is 0.520. The average molecular weight is 422 g/mol. The van der Waals surface area contributed by atoms with Crippen molar-refractivity contribution in [1.82, 2.24) is 14.8 Å². The first kappa shape index (κ1) is 20.1. The van der Waals surface area contributed by atoms with Crippen LogP contribution in [0.15, 0.2) is 47.6 Å². The number of rotatable bonds is 6. The molecule has 2 aromatic carbocycles. The van der Waals surface area contributed by atoms with E-state index in [0.29, 0.717) is 12.1 Å². The Balaban J connectivity index is 1.42. The summed E-state index contributed by atoms with van der Waals surface area (Å²) >= 11 is 1.85. The molecule has 1 saturated carbocycles. The second kappa shape index (κ2) is 9.52. The zero-order valence-electron chi connectivity index (χ0n) is 17.6. The molecule has 5 rings (SSSR count). The number of ether oxygens (including phenoxy) is 1. The van der Waals surface area contributed by atoms with Gasteiger partial charge in [-0.25, -0.2) is 0 Å². The standard InChI is InChI=1S/C25H31N3OS/c1-2-12-21(13-3-1)28-24(17-20-11-8-10-19-9-4-5-15-23(19)20)26-27-25(28)30-18-22-14-6-7-16-29-22/h4-5,8-11,15,21-22H,1-3,6-7,12-14,16-18H2. The molecule has 1 saturated heterocycles. The number of fused-ring (bicyclic) bond motifs is 1. The highest BCUT2D eigenvalue weighted by atomic mass is 32.2. The smallest absolute Gasteiger partial charge is 0.191 e. The molecule has 4 nitrogen and oxygen atoms in total. The summed E-state index contributed by atoms with van der Waals surface area (Å²) in [5.41, 5.74) is 1.34. The van der Waals surface area contributed by atoms with Gasteiger partial charge in [0.2, 0.25) is 0 Å². The number of hydrogen-bond acceptors (Lipinski definition) is 4. The summed E-state index contributed by atoms with van der Waals surface area (Å²) in [6.07, 6.45) is 11.3. The molecule has 5 heteroatoms. The number of hydrogen-bond donors (Lipinski definition) is 0. The predicted octanol–water partition coefficient (Wildman–Crippen LogP) is 6.19. The van der Waals surface area contributed by atoms with Gasteiger partial charge in [0.15, 0.2) is 5.16 Å². The molecule has 1 unspecified atom stereocenters. The fourth-order valence-corrected chi connectivity index (χ4v) is 6.05. The summed E-state index contributed by atoms with van der Waals surface area (Å²) in [6, 6.07) is 15.8. The van der Waals surface area contributed by atoms with E-state index in [9.17, 15) is 0 Å². The molecular formula is C25H31N3OS. The molecule has 158 valence electrons. The van der Waals surface area contributed by atoms with E-state index >= 15 is 0 Å². The van der Waals surface area contributed by atoms with Gasteiger partial charge in [0, 0.05) is 24.8 Å². The van der Waals surface area contributed by atoms with Crippen molar-refractivity contribution in [2.24, 2.45) is 0 Å². The van der Waals surface area contributed by atoms with Crippen molar-refractivity contribution >= 4 is 22.5 Å². The molecule has 30 heavy (non-hydrogen) atoms. The highest BCUT2D eigenvalue weighted by Crippen LogP contribution is 2.34. The van der Waals surface area contributed by atoms with Gasteiger partial charge in [0.25, 0.3) is 0 Å². The Morgan fingerprint density at radius 2 is 1.73 bits per heavy atom. The van der Waals surface area contributed by atoms with Crippen molar-refractivity contribution in [3.05, 3.63) is 53.9 Å². The first-order valence-electron chi connectivity index (χ1n) is 11.5. The Hall–Kier alpha value is -1.85. The minimum Gasteiger partial charge on any atom is -0.377 e. The molecular weight excluding hydrogens is 390 g/mol. The van der Waals surface area contributed by atoms with Crippen LogP contribution in [0.4, 0.5) is 0 Å². The third-order valence-corrected chi connectivity index (χ3v) is 7.65. The van der Waals surface area contributed by atoms with Gasteiger partial charge in [-0.15, -0.1) is 10.2 Å². The molecule has 2 heterocycles. The maximum atomic E-state index is 5.96. The number of thioether (sulfide) groups is 1. The van der Waals surface area contributed by atoms with Crippen LogP contribution in [0.1, 0.15) is 68.8 Å². The van der Waals surface area contributed by atoms with E-state index in [1.54, 1.807) is 0 Å². The molecule has 0 N–H and O–H groups in total. The second-order valence-electron chi connectivity index (χ2n) is 8.68. The normalized spacial score (nSPS) is 20.6. The van der Waals surface area contributed by atoms with E-state index in [1.165, 1.54) is 67.7 Å². The molecule has 0 bridgehead atoms. The van der Waals surface area contributed by atoms with Crippen LogP contribution in [0.5, 0.6) is 0 Å². The summed E-state index contributed by atoms with van der Waals surface area (Å²) in [5, 5.41) is 13.1. The molecule has 2 aliphatic rings. The predicted molar refractivity (Wildman–Crippen MR) is 123 cm³/mol. The molecule has 2 fully saturated rings. The van der Waals surface area contributed by atoms with Crippen LogP contribution in [0.2, 0.25) is 0 Å². The number of benzene rings is 2. The van der Waals surface area contributed by atoms with Gasteiger partial charge in [-0.2, -0.15) is 0 Å². The molecule has 1 aromatic heterocycles. The van der Waals surface area contributed by atoms with Gasteiger partial charge in [-0.1, -0.05) is 73.5 Å². The minimum atomic E-state index is 0.363. The van der Waals surface area contributed by atoms with E-state index in [1.807, 2.05) is 11.8 Å². The van der Waals surface area contributed by atoms with E-state index < -0.39 is 0 Å². The van der Waals surface area contributed by atoms with Crippen molar-refractivity contribution in [3.63, 3.8) is 0 Å². The Morgan fingerprint density at radius 3 is 2.60 bits per heavy atom. The van der Waals surface area contributed by atoms with Crippen molar-refractivity contribution in [1.29, 1.82) is 0 Å². The van der Waals surface area contributed by atoms with Crippen molar-refractivity contribution in [2.45, 2.75) is 75.1 Å². The molecule has 1 atom stereocenters. The third-order valence-electron chi connectivity index (χ3n) is 6.58. The van der Waals surface area contributed by atoms with Crippen LogP contribution < -0.4 is 0 Å². The number of nitrogens with zero attached hydrogens (tertiary/aromatic N) is 3. The van der Waals surface area contributed by atoms with Crippen molar-refractivity contribution in [2.75, 3.05) is 12.4 Å². The van der Waals surface area contributed by atoms with Crippen LogP contribution in [-0.4, -0.2) is 33.2 Å². The summed E-state index contributed by atoms with van der Waals surface area (Å²) in [4.78, 5) is 0. The maximum absolute atomic E-state index is 5.96. The Morgan fingerprint density at radius 1 is 0.900 bits per heavy atom. The zero-order chi connectivity index (χ0) is 20.2. The maximum Gasteiger partial charge on any atom is 0.191 e. The molecule has 1 aliphatic carbocycles. The quantitative estimate of drug-likeness (QED) is 0.445. The Labute approximate surface area is 183 Å². The van der Waals surface area contributed by atoms with Crippen molar-refractivity contribution < 1.29 is 4.74 Å². The van der Waals surface area contributed by atoms with Crippen LogP contribution in [-0.2, 0) is 11.2 Å². The SMILES string of the molecule is c1ccc2c(Cc3nnc(SCC4CCCCO4)n3C3CCCCC3)cccc2c1. The van der Waals surface area contributed by atoms with E-state index in [2.05, 4.69) is 52.1 Å². The third kappa shape index (κ3) is 4.42. The van der Waals surface area contributed by atoms with Crippen LogP contribution >= 0.6 is 11.8 Å².